The number of carbonyl (C=O) groups excluding carboxylic acids is 2. The first kappa shape index (κ1) is 16.6. The predicted octanol–water partition coefficient (Wildman–Crippen LogP) is 2.59. The first-order valence-corrected chi connectivity index (χ1v) is 8.76. The van der Waals surface area contributed by atoms with Crippen molar-refractivity contribution >= 4 is 17.5 Å². The van der Waals surface area contributed by atoms with Crippen LogP contribution in [0, 0.1) is 0 Å². The third-order valence-electron chi connectivity index (χ3n) is 4.61. The van der Waals surface area contributed by atoms with Crippen LogP contribution in [0.25, 0.3) is 11.1 Å². The molecule has 2 N–H and O–H groups in total. The summed E-state index contributed by atoms with van der Waals surface area (Å²) >= 11 is 0. The fourth-order valence-electron chi connectivity index (χ4n) is 3.19. The molecule has 2 aliphatic heterocycles. The molecular weight excluding hydrogens is 332 g/mol. The Bertz CT molecular complexity index is 826. The zero-order valence-electron chi connectivity index (χ0n) is 14.3. The van der Waals surface area contributed by atoms with Crippen molar-refractivity contribution in [3.63, 3.8) is 0 Å². The number of anilines is 1. The highest BCUT2D eigenvalue weighted by molar-refractivity contribution is 5.97. The van der Waals surface area contributed by atoms with E-state index in [0.29, 0.717) is 23.5 Å². The van der Waals surface area contributed by atoms with E-state index in [4.69, 9.17) is 9.47 Å². The zero-order valence-corrected chi connectivity index (χ0v) is 14.3. The fourth-order valence-corrected chi connectivity index (χ4v) is 3.19. The van der Waals surface area contributed by atoms with Gasteiger partial charge in [-0.15, -0.1) is 0 Å². The molecule has 134 valence electrons. The summed E-state index contributed by atoms with van der Waals surface area (Å²) in [5, 5.41) is 5.72. The lowest BCUT2D eigenvalue weighted by Crippen LogP contribution is -2.31. The third kappa shape index (κ3) is 3.55. The van der Waals surface area contributed by atoms with Crippen LogP contribution in [0.4, 0.5) is 5.69 Å². The van der Waals surface area contributed by atoms with Crippen LogP contribution < -0.4 is 15.4 Å². The minimum absolute atomic E-state index is 0.0437. The van der Waals surface area contributed by atoms with Gasteiger partial charge in [0.1, 0.15) is 5.75 Å². The van der Waals surface area contributed by atoms with E-state index in [1.54, 1.807) is 12.1 Å². The normalized spacial score (nSPS) is 18.6. The number of rotatable bonds is 4. The molecule has 0 aromatic heterocycles. The molecule has 2 aromatic carbocycles. The molecule has 0 aliphatic carbocycles. The first-order valence-electron chi connectivity index (χ1n) is 8.76. The van der Waals surface area contributed by atoms with E-state index in [0.717, 1.165) is 30.6 Å². The number of carbonyl (C=O) groups is 2. The van der Waals surface area contributed by atoms with Gasteiger partial charge in [0.05, 0.1) is 11.8 Å². The SMILES string of the molecule is O=C1COc2ccc(-c3ccc(C(=O)NC[C@@H]4CCCO4)cc3)cc2N1. The Labute approximate surface area is 151 Å². The van der Waals surface area contributed by atoms with Gasteiger partial charge in [0.2, 0.25) is 0 Å². The zero-order chi connectivity index (χ0) is 17.9. The summed E-state index contributed by atoms with van der Waals surface area (Å²) in [6, 6.07) is 13.0. The number of hydrogen-bond acceptors (Lipinski definition) is 4. The number of hydrogen-bond donors (Lipinski definition) is 2. The number of benzene rings is 2. The van der Waals surface area contributed by atoms with Crippen molar-refractivity contribution in [1.29, 1.82) is 0 Å². The summed E-state index contributed by atoms with van der Waals surface area (Å²) in [6.45, 7) is 1.37. The molecule has 1 fully saturated rings. The van der Waals surface area contributed by atoms with Crippen LogP contribution in [0.2, 0.25) is 0 Å². The van der Waals surface area contributed by atoms with Gasteiger partial charge in [-0.2, -0.15) is 0 Å². The van der Waals surface area contributed by atoms with E-state index in [1.807, 2.05) is 30.3 Å². The van der Waals surface area contributed by atoms with E-state index in [9.17, 15) is 9.59 Å². The molecule has 0 spiro atoms. The van der Waals surface area contributed by atoms with Crippen LogP contribution in [-0.4, -0.2) is 37.7 Å². The standard InChI is InChI=1S/C20H20N2O4/c23-19-12-26-18-8-7-15(10-17(18)22-19)13-3-5-14(6-4-13)20(24)21-11-16-2-1-9-25-16/h3-8,10,16H,1-2,9,11-12H2,(H,21,24)(H,22,23)/t16-/m0/s1. The molecule has 1 atom stereocenters. The van der Waals surface area contributed by atoms with Crippen LogP contribution >= 0.6 is 0 Å². The molecular formula is C20H20N2O4. The van der Waals surface area contributed by atoms with Gasteiger partial charge in [0.25, 0.3) is 11.8 Å². The number of amides is 2. The van der Waals surface area contributed by atoms with Crippen LogP contribution in [-0.2, 0) is 9.53 Å². The minimum Gasteiger partial charge on any atom is -0.482 e. The average molecular weight is 352 g/mol. The van der Waals surface area contributed by atoms with E-state index < -0.39 is 0 Å². The first-order chi connectivity index (χ1) is 12.7. The number of fused-ring (bicyclic) bond motifs is 1. The molecule has 0 radical (unpaired) electrons. The van der Waals surface area contributed by atoms with E-state index >= 15 is 0 Å². The molecule has 2 aromatic rings. The summed E-state index contributed by atoms with van der Waals surface area (Å²) in [7, 11) is 0. The van der Waals surface area contributed by atoms with Gasteiger partial charge in [-0.25, -0.2) is 0 Å². The predicted molar refractivity (Wildman–Crippen MR) is 97.3 cm³/mol. The van der Waals surface area contributed by atoms with Gasteiger partial charge < -0.3 is 20.1 Å². The van der Waals surface area contributed by atoms with Crippen molar-refractivity contribution < 1.29 is 19.1 Å². The molecule has 2 heterocycles. The Morgan fingerprint density at radius 3 is 2.73 bits per heavy atom. The van der Waals surface area contributed by atoms with E-state index in [1.165, 1.54) is 0 Å². The lowest BCUT2D eigenvalue weighted by Gasteiger charge is -2.18. The Morgan fingerprint density at radius 1 is 1.15 bits per heavy atom. The Morgan fingerprint density at radius 2 is 1.96 bits per heavy atom. The van der Waals surface area contributed by atoms with Crippen LogP contribution in [0.5, 0.6) is 5.75 Å². The molecule has 6 heteroatoms. The Kier molecular flexibility index (Phi) is 4.58. The van der Waals surface area contributed by atoms with Crippen molar-refractivity contribution in [2.75, 3.05) is 25.1 Å². The number of ether oxygens (including phenoxy) is 2. The monoisotopic (exact) mass is 352 g/mol. The van der Waals surface area contributed by atoms with Crippen molar-refractivity contribution in [2.45, 2.75) is 18.9 Å². The van der Waals surface area contributed by atoms with Crippen molar-refractivity contribution in [2.24, 2.45) is 0 Å². The maximum Gasteiger partial charge on any atom is 0.262 e. The van der Waals surface area contributed by atoms with Crippen molar-refractivity contribution in [1.82, 2.24) is 5.32 Å². The van der Waals surface area contributed by atoms with Gasteiger partial charge in [-0.1, -0.05) is 18.2 Å². The Balaban J connectivity index is 1.44. The van der Waals surface area contributed by atoms with Gasteiger partial charge >= 0.3 is 0 Å². The Hall–Kier alpha value is -2.86. The molecule has 0 saturated carbocycles. The highest BCUT2D eigenvalue weighted by atomic mass is 16.5. The maximum atomic E-state index is 12.2. The summed E-state index contributed by atoms with van der Waals surface area (Å²) < 4.78 is 10.9. The van der Waals surface area contributed by atoms with Crippen molar-refractivity contribution in [3.05, 3.63) is 48.0 Å². The summed E-state index contributed by atoms with van der Waals surface area (Å²) in [5.74, 6) is 0.407. The van der Waals surface area contributed by atoms with Crippen molar-refractivity contribution in [3.8, 4) is 16.9 Å². The van der Waals surface area contributed by atoms with Crippen LogP contribution in [0.1, 0.15) is 23.2 Å². The summed E-state index contributed by atoms with van der Waals surface area (Å²) in [5.41, 5.74) is 3.18. The second-order valence-corrected chi connectivity index (χ2v) is 6.47. The lowest BCUT2D eigenvalue weighted by molar-refractivity contribution is -0.118. The topological polar surface area (TPSA) is 76.7 Å². The van der Waals surface area contributed by atoms with E-state index in [2.05, 4.69) is 10.6 Å². The van der Waals surface area contributed by atoms with Gasteiger partial charge in [0, 0.05) is 18.7 Å². The maximum absolute atomic E-state index is 12.2. The molecule has 2 aliphatic rings. The number of nitrogens with one attached hydrogen (secondary N) is 2. The summed E-state index contributed by atoms with van der Waals surface area (Å²) in [6.07, 6.45) is 2.19. The molecule has 0 unspecified atom stereocenters. The molecule has 2 amide bonds. The van der Waals surface area contributed by atoms with Gasteiger partial charge in [0.15, 0.2) is 6.61 Å². The van der Waals surface area contributed by atoms with Gasteiger partial charge in [-0.3, -0.25) is 9.59 Å². The largest absolute Gasteiger partial charge is 0.482 e. The molecule has 26 heavy (non-hydrogen) atoms. The molecule has 0 bridgehead atoms. The molecule has 1 saturated heterocycles. The van der Waals surface area contributed by atoms with Crippen LogP contribution in [0.15, 0.2) is 42.5 Å². The smallest absolute Gasteiger partial charge is 0.262 e. The highest BCUT2D eigenvalue weighted by Gasteiger charge is 2.18. The average Bonchev–Trinajstić information content (AvgIpc) is 3.19. The fraction of sp³-hybridized carbons (Fsp3) is 0.300. The lowest BCUT2D eigenvalue weighted by atomic mass is 10.0. The molecule has 6 nitrogen and oxygen atoms in total. The quantitative estimate of drug-likeness (QED) is 0.887. The molecule has 4 rings (SSSR count). The van der Waals surface area contributed by atoms with Crippen LogP contribution in [0.3, 0.4) is 0 Å². The summed E-state index contributed by atoms with van der Waals surface area (Å²) in [4.78, 5) is 23.7. The second-order valence-electron chi connectivity index (χ2n) is 6.47. The highest BCUT2D eigenvalue weighted by Crippen LogP contribution is 2.32. The van der Waals surface area contributed by atoms with E-state index in [-0.39, 0.29) is 24.5 Å². The third-order valence-corrected chi connectivity index (χ3v) is 4.61. The van der Waals surface area contributed by atoms with Gasteiger partial charge in [-0.05, 0) is 48.2 Å². The second kappa shape index (κ2) is 7.17. The minimum atomic E-state index is -0.159.